The Labute approximate surface area is 113 Å². The van der Waals surface area contributed by atoms with Crippen molar-refractivity contribution in [2.24, 2.45) is 0 Å². The summed E-state index contributed by atoms with van der Waals surface area (Å²) in [5.41, 5.74) is 0. The molecule has 0 N–H and O–H groups in total. The molecule has 3 aliphatic heterocycles. The second-order valence-corrected chi connectivity index (χ2v) is 6.14. The summed E-state index contributed by atoms with van der Waals surface area (Å²) in [6, 6.07) is 0. The first-order chi connectivity index (χ1) is 8.81. The van der Waals surface area contributed by atoms with Gasteiger partial charge in [-0.2, -0.15) is 0 Å². The molecular formula is C13H22O6. The van der Waals surface area contributed by atoms with E-state index in [-0.39, 0.29) is 24.4 Å². The van der Waals surface area contributed by atoms with Crippen LogP contribution in [-0.2, 0) is 28.4 Å². The third-order valence-electron chi connectivity index (χ3n) is 3.70. The molecule has 0 aromatic carbocycles. The summed E-state index contributed by atoms with van der Waals surface area (Å²) in [7, 11) is 1.65. The van der Waals surface area contributed by atoms with Gasteiger partial charge in [0.25, 0.3) is 0 Å². The average molecular weight is 274 g/mol. The fourth-order valence-corrected chi connectivity index (χ4v) is 2.95. The first-order valence-electron chi connectivity index (χ1n) is 6.67. The molecule has 1 unspecified atom stereocenters. The first-order valence-corrected chi connectivity index (χ1v) is 6.67. The van der Waals surface area contributed by atoms with E-state index >= 15 is 0 Å². The van der Waals surface area contributed by atoms with Crippen molar-refractivity contribution in [1.82, 2.24) is 0 Å². The van der Waals surface area contributed by atoms with Crippen LogP contribution in [0.4, 0.5) is 0 Å². The standard InChI is InChI=1S/C13H22O6/c1-12(2)15-6-7(17-12)8-9(14-5)10-11(16-8)19-13(3,4)18-10/h7-11H,6H2,1-5H3/t7-,8-,9+,10-,11?/m1/s1. The summed E-state index contributed by atoms with van der Waals surface area (Å²) in [6.45, 7) is 8.01. The van der Waals surface area contributed by atoms with Gasteiger partial charge in [-0.25, -0.2) is 0 Å². The zero-order valence-electron chi connectivity index (χ0n) is 12.0. The van der Waals surface area contributed by atoms with Gasteiger partial charge >= 0.3 is 0 Å². The summed E-state index contributed by atoms with van der Waals surface area (Å²) in [6.07, 6.45) is -1.25. The van der Waals surface area contributed by atoms with E-state index in [1.54, 1.807) is 7.11 Å². The number of hydrogen-bond donors (Lipinski definition) is 0. The van der Waals surface area contributed by atoms with Crippen LogP contribution in [-0.4, -0.2) is 56.0 Å². The summed E-state index contributed by atoms with van der Waals surface area (Å²) in [5.74, 6) is -1.21. The molecule has 3 rings (SSSR count). The van der Waals surface area contributed by atoms with E-state index < -0.39 is 17.9 Å². The van der Waals surface area contributed by atoms with Crippen molar-refractivity contribution in [3.05, 3.63) is 0 Å². The monoisotopic (exact) mass is 274 g/mol. The summed E-state index contributed by atoms with van der Waals surface area (Å²) >= 11 is 0. The Morgan fingerprint density at radius 1 is 0.947 bits per heavy atom. The van der Waals surface area contributed by atoms with E-state index in [9.17, 15) is 0 Å². The van der Waals surface area contributed by atoms with Crippen molar-refractivity contribution >= 4 is 0 Å². The lowest BCUT2D eigenvalue weighted by atomic mass is 10.1. The van der Waals surface area contributed by atoms with Gasteiger partial charge < -0.3 is 28.4 Å². The SMILES string of the molecule is CO[C@H]1[C@@H]([C@H]2COC(C)(C)O2)OC2OC(C)(C)O[C@@H]21. The van der Waals surface area contributed by atoms with Gasteiger partial charge in [-0.1, -0.05) is 0 Å². The van der Waals surface area contributed by atoms with Crippen LogP contribution in [0.25, 0.3) is 0 Å². The second-order valence-electron chi connectivity index (χ2n) is 6.14. The molecule has 3 heterocycles. The smallest absolute Gasteiger partial charge is 0.190 e. The molecule has 0 spiro atoms. The van der Waals surface area contributed by atoms with E-state index in [4.69, 9.17) is 28.4 Å². The van der Waals surface area contributed by atoms with Gasteiger partial charge in [-0.3, -0.25) is 0 Å². The van der Waals surface area contributed by atoms with Crippen LogP contribution < -0.4 is 0 Å². The van der Waals surface area contributed by atoms with Crippen molar-refractivity contribution in [2.45, 2.75) is 70.0 Å². The third kappa shape index (κ3) is 2.41. The lowest BCUT2D eigenvalue weighted by Gasteiger charge is -2.28. The lowest BCUT2D eigenvalue weighted by molar-refractivity contribution is -0.234. The topological polar surface area (TPSA) is 55.4 Å². The Balaban J connectivity index is 1.72. The van der Waals surface area contributed by atoms with Gasteiger partial charge in [-0.15, -0.1) is 0 Å². The highest BCUT2D eigenvalue weighted by Crippen LogP contribution is 2.41. The maximum atomic E-state index is 5.92. The number of methoxy groups -OCH3 is 1. The molecule has 0 saturated carbocycles. The molecule has 0 bridgehead atoms. The van der Waals surface area contributed by atoms with Crippen LogP contribution in [0.2, 0.25) is 0 Å². The molecular weight excluding hydrogens is 252 g/mol. The van der Waals surface area contributed by atoms with Crippen LogP contribution in [0.3, 0.4) is 0 Å². The molecule has 110 valence electrons. The minimum Gasteiger partial charge on any atom is -0.376 e. The molecule has 3 saturated heterocycles. The zero-order chi connectivity index (χ0) is 13.8. The fraction of sp³-hybridized carbons (Fsp3) is 1.00. The van der Waals surface area contributed by atoms with Crippen molar-refractivity contribution in [2.75, 3.05) is 13.7 Å². The van der Waals surface area contributed by atoms with Crippen molar-refractivity contribution in [3.8, 4) is 0 Å². The molecule has 0 radical (unpaired) electrons. The van der Waals surface area contributed by atoms with Gasteiger partial charge in [0.05, 0.1) is 6.61 Å². The molecule has 6 heteroatoms. The molecule has 19 heavy (non-hydrogen) atoms. The summed E-state index contributed by atoms with van der Waals surface area (Å²) < 4.78 is 34.5. The molecule has 6 nitrogen and oxygen atoms in total. The highest BCUT2D eigenvalue weighted by Gasteiger charge is 2.58. The largest absolute Gasteiger partial charge is 0.376 e. The maximum Gasteiger partial charge on any atom is 0.190 e. The maximum absolute atomic E-state index is 5.92. The Bertz CT molecular complexity index is 355. The molecule has 0 amide bonds. The average Bonchev–Trinajstić information content (AvgIpc) is 2.87. The van der Waals surface area contributed by atoms with Gasteiger partial charge in [0.2, 0.25) is 0 Å². The predicted molar refractivity (Wildman–Crippen MR) is 64.4 cm³/mol. The van der Waals surface area contributed by atoms with Crippen LogP contribution in [0.5, 0.6) is 0 Å². The van der Waals surface area contributed by atoms with E-state index in [0.717, 1.165) is 0 Å². The minimum absolute atomic E-state index is 0.166. The van der Waals surface area contributed by atoms with Gasteiger partial charge in [-0.05, 0) is 27.7 Å². The van der Waals surface area contributed by atoms with E-state index in [1.807, 2.05) is 27.7 Å². The Hall–Kier alpha value is -0.240. The molecule has 3 aliphatic rings. The van der Waals surface area contributed by atoms with Crippen molar-refractivity contribution < 1.29 is 28.4 Å². The quantitative estimate of drug-likeness (QED) is 0.749. The van der Waals surface area contributed by atoms with Crippen molar-refractivity contribution in [3.63, 3.8) is 0 Å². The van der Waals surface area contributed by atoms with Gasteiger partial charge in [0, 0.05) is 7.11 Å². The Kier molecular flexibility index (Phi) is 3.16. The Morgan fingerprint density at radius 2 is 1.68 bits per heavy atom. The second kappa shape index (κ2) is 4.38. The van der Waals surface area contributed by atoms with Gasteiger partial charge in [0.15, 0.2) is 17.9 Å². The first kappa shape index (κ1) is 13.7. The summed E-state index contributed by atoms with van der Waals surface area (Å²) in [5, 5.41) is 0. The predicted octanol–water partition coefficient (Wildman–Crippen LogP) is 1.03. The van der Waals surface area contributed by atoms with E-state index in [2.05, 4.69) is 0 Å². The normalized spacial score (nSPS) is 47.5. The van der Waals surface area contributed by atoms with Crippen LogP contribution in [0, 0.1) is 0 Å². The van der Waals surface area contributed by atoms with Crippen LogP contribution in [0.15, 0.2) is 0 Å². The van der Waals surface area contributed by atoms with E-state index in [0.29, 0.717) is 6.61 Å². The lowest BCUT2D eigenvalue weighted by Crippen LogP contribution is -2.43. The van der Waals surface area contributed by atoms with Gasteiger partial charge in [0.1, 0.15) is 24.4 Å². The summed E-state index contributed by atoms with van der Waals surface area (Å²) in [4.78, 5) is 0. The number of ether oxygens (including phenoxy) is 6. The molecule has 5 atom stereocenters. The highest BCUT2D eigenvalue weighted by molar-refractivity contribution is 4.98. The van der Waals surface area contributed by atoms with Crippen LogP contribution in [0.1, 0.15) is 27.7 Å². The molecule has 0 aliphatic carbocycles. The molecule has 3 fully saturated rings. The molecule has 0 aromatic heterocycles. The van der Waals surface area contributed by atoms with Crippen LogP contribution >= 0.6 is 0 Å². The fourth-order valence-electron chi connectivity index (χ4n) is 2.95. The number of rotatable bonds is 2. The number of hydrogen-bond acceptors (Lipinski definition) is 6. The Morgan fingerprint density at radius 3 is 2.26 bits per heavy atom. The van der Waals surface area contributed by atoms with E-state index in [1.165, 1.54) is 0 Å². The highest BCUT2D eigenvalue weighted by atomic mass is 16.8. The number of fused-ring (bicyclic) bond motifs is 1. The zero-order valence-corrected chi connectivity index (χ0v) is 12.0. The minimum atomic E-state index is -0.636. The third-order valence-corrected chi connectivity index (χ3v) is 3.70. The molecule has 0 aromatic rings. The van der Waals surface area contributed by atoms with Crippen molar-refractivity contribution in [1.29, 1.82) is 0 Å².